The summed E-state index contributed by atoms with van der Waals surface area (Å²) in [6.07, 6.45) is 12.4. The third kappa shape index (κ3) is 4.67. The number of carbonyl (C=O) groups excluding carboxylic acids is 1. The first-order valence-corrected chi connectivity index (χ1v) is 8.41. The second-order valence-electron chi connectivity index (χ2n) is 6.18. The minimum absolute atomic E-state index is 0.159. The maximum Gasteiger partial charge on any atom is 0.248 e. The summed E-state index contributed by atoms with van der Waals surface area (Å²) >= 11 is 0. The Morgan fingerprint density at radius 3 is 3.04 bits per heavy atom. The lowest BCUT2D eigenvalue weighted by Crippen LogP contribution is -2.30. The van der Waals surface area contributed by atoms with E-state index < -0.39 is 0 Å². The van der Waals surface area contributed by atoms with E-state index >= 15 is 0 Å². The van der Waals surface area contributed by atoms with Crippen molar-refractivity contribution in [3.63, 3.8) is 0 Å². The minimum atomic E-state index is -0.218. The molecule has 25 heavy (non-hydrogen) atoms. The van der Waals surface area contributed by atoms with Gasteiger partial charge in [0.25, 0.3) is 0 Å². The molecule has 7 heteroatoms. The van der Waals surface area contributed by atoms with Gasteiger partial charge in [-0.2, -0.15) is 5.10 Å². The number of hydrogen-bond donors (Lipinski definition) is 2. The van der Waals surface area contributed by atoms with Gasteiger partial charge in [-0.25, -0.2) is 0 Å². The molecule has 3 rings (SSSR count). The highest BCUT2D eigenvalue weighted by Crippen LogP contribution is 2.24. The number of ether oxygens (including phenoxy) is 1. The number of anilines is 2. The number of amides is 1. The molecular weight excluding hydrogens is 318 g/mol. The summed E-state index contributed by atoms with van der Waals surface area (Å²) in [6, 6.07) is 2.01. The molecule has 2 aromatic heterocycles. The Labute approximate surface area is 147 Å². The average Bonchev–Trinajstić information content (AvgIpc) is 3.26. The highest BCUT2D eigenvalue weighted by Gasteiger charge is 2.22. The highest BCUT2D eigenvalue weighted by molar-refractivity contribution is 6.03. The summed E-state index contributed by atoms with van der Waals surface area (Å²) in [5, 5.41) is 10.3. The van der Waals surface area contributed by atoms with Crippen LogP contribution in [0.15, 0.2) is 36.9 Å². The van der Waals surface area contributed by atoms with E-state index in [0.29, 0.717) is 5.69 Å². The monoisotopic (exact) mass is 341 g/mol. The van der Waals surface area contributed by atoms with E-state index in [2.05, 4.69) is 27.6 Å². The van der Waals surface area contributed by atoms with Crippen molar-refractivity contribution in [1.29, 1.82) is 0 Å². The van der Waals surface area contributed by atoms with Crippen LogP contribution in [-0.4, -0.2) is 39.4 Å². The molecule has 1 amide bonds. The molecule has 2 N–H and O–H groups in total. The molecule has 1 fully saturated rings. The lowest BCUT2D eigenvalue weighted by Gasteiger charge is -2.22. The second kappa shape index (κ2) is 7.94. The Morgan fingerprint density at radius 2 is 2.32 bits per heavy atom. The Morgan fingerprint density at radius 1 is 1.44 bits per heavy atom. The summed E-state index contributed by atoms with van der Waals surface area (Å²) in [6.45, 7) is 2.90. The molecule has 0 spiro atoms. The SMILES string of the molecule is C[C@H](Nc1ccncc1NC(=O)/C=C\c1cnn(C)c1)[C@@H]1CCCO1. The van der Waals surface area contributed by atoms with Gasteiger partial charge in [0.05, 0.1) is 29.9 Å². The number of aryl methyl sites for hydroxylation is 1. The molecule has 0 unspecified atom stereocenters. The molecular formula is C18H23N5O2. The van der Waals surface area contributed by atoms with E-state index in [1.165, 1.54) is 6.08 Å². The van der Waals surface area contributed by atoms with Crippen molar-refractivity contribution in [1.82, 2.24) is 14.8 Å². The fraction of sp³-hybridized carbons (Fsp3) is 0.389. The molecule has 1 saturated heterocycles. The Kier molecular flexibility index (Phi) is 5.45. The van der Waals surface area contributed by atoms with E-state index in [1.807, 2.05) is 19.3 Å². The largest absolute Gasteiger partial charge is 0.378 e. The summed E-state index contributed by atoms with van der Waals surface area (Å²) in [7, 11) is 1.83. The van der Waals surface area contributed by atoms with Gasteiger partial charge in [-0.1, -0.05) is 0 Å². The average molecular weight is 341 g/mol. The van der Waals surface area contributed by atoms with Gasteiger partial charge in [-0.05, 0) is 31.9 Å². The third-order valence-corrected chi connectivity index (χ3v) is 4.14. The van der Waals surface area contributed by atoms with Crippen LogP contribution in [0, 0.1) is 0 Å². The molecule has 132 valence electrons. The molecule has 0 aliphatic carbocycles. The minimum Gasteiger partial charge on any atom is -0.378 e. The molecule has 2 aromatic rings. The number of carbonyl (C=O) groups is 1. The van der Waals surface area contributed by atoms with Gasteiger partial charge < -0.3 is 15.4 Å². The number of nitrogens with one attached hydrogen (secondary N) is 2. The molecule has 0 radical (unpaired) electrons. The van der Waals surface area contributed by atoms with Crippen molar-refractivity contribution in [3.05, 3.63) is 42.5 Å². The highest BCUT2D eigenvalue weighted by atomic mass is 16.5. The van der Waals surface area contributed by atoms with Crippen LogP contribution in [0.2, 0.25) is 0 Å². The molecule has 0 aromatic carbocycles. The van der Waals surface area contributed by atoms with Gasteiger partial charge >= 0.3 is 0 Å². The van der Waals surface area contributed by atoms with E-state index in [4.69, 9.17) is 4.74 Å². The molecule has 1 aliphatic rings. The van der Waals surface area contributed by atoms with Gasteiger partial charge in [-0.3, -0.25) is 14.5 Å². The zero-order valence-corrected chi connectivity index (χ0v) is 14.5. The van der Waals surface area contributed by atoms with Crippen molar-refractivity contribution >= 4 is 23.4 Å². The standard InChI is InChI=1S/C18H23N5O2/c1-13(17-4-3-9-25-17)21-15-7-8-19-11-16(15)22-18(24)6-5-14-10-20-23(2)12-14/h5-8,10-13,17H,3-4,9H2,1-2H3,(H,19,21)(H,22,24)/b6-5-/t13-,17-/m0/s1. The van der Waals surface area contributed by atoms with Crippen LogP contribution < -0.4 is 10.6 Å². The topological polar surface area (TPSA) is 81.1 Å². The molecule has 0 bridgehead atoms. The fourth-order valence-electron chi connectivity index (χ4n) is 2.83. The first-order chi connectivity index (χ1) is 12.1. The zero-order chi connectivity index (χ0) is 17.6. The molecule has 7 nitrogen and oxygen atoms in total. The van der Waals surface area contributed by atoms with Crippen LogP contribution in [0.5, 0.6) is 0 Å². The lowest BCUT2D eigenvalue weighted by atomic mass is 10.1. The van der Waals surface area contributed by atoms with E-state index in [1.54, 1.807) is 29.3 Å². The number of rotatable bonds is 6. The van der Waals surface area contributed by atoms with E-state index in [9.17, 15) is 4.79 Å². The van der Waals surface area contributed by atoms with Crippen LogP contribution in [0.25, 0.3) is 6.08 Å². The normalized spacial score (nSPS) is 18.4. The predicted octanol–water partition coefficient (Wildman–Crippen LogP) is 2.45. The number of nitrogens with zero attached hydrogens (tertiary/aromatic N) is 3. The molecule has 1 aliphatic heterocycles. The Hall–Kier alpha value is -2.67. The second-order valence-corrected chi connectivity index (χ2v) is 6.18. The van der Waals surface area contributed by atoms with Crippen molar-refractivity contribution in [2.45, 2.75) is 31.9 Å². The first kappa shape index (κ1) is 17.2. The van der Waals surface area contributed by atoms with Crippen LogP contribution in [0.3, 0.4) is 0 Å². The van der Waals surface area contributed by atoms with Crippen LogP contribution >= 0.6 is 0 Å². The Balaban J connectivity index is 1.63. The first-order valence-electron chi connectivity index (χ1n) is 8.41. The molecule has 2 atom stereocenters. The quantitative estimate of drug-likeness (QED) is 0.789. The summed E-state index contributed by atoms with van der Waals surface area (Å²) < 4.78 is 7.40. The van der Waals surface area contributed by atoms with E-state index in [0.717, 1.165) is 30.7 Å². The smallest absolute Gasteiger partial charge is 0.248 e. The maximum absolute atomic E-state index is 12.2. The summed E-state index contributed by atoms with van der Waals surface area (Å²) in [4.78, 5) is 16.3. The molecule has 0 saturated carbocycles. The summed E-state index contributed by atoms with van der Waals surface area (Å²) in [5.41, 5.74) is 2.35. The fourth-order valence-corrected chi connectivity index (χ4v) is 2.83. The van der Waals surface area contributed by atoms with Gasteiger partial charge in [0.15, 0.2) is 0 Å². The Bertz CT molecular complexity index is 749. The van der Waals surface area contributed by atoms with Gasteiger partial charge in [0.2, 0.25) is 5.91 Å². The number of aromatic nitrogens is 3. The van der Waals surface area contributed by atoms with Gasteiger partial charge in [0, 0.05) is 43.7 Å². The third-order valence-electron chi connectivity index (χ3n) is 4.14. The number of pyridine rings is 1. The maximum atomic E-state index is 12.2. The van der Waals surface area contributed by atoms with Crippen molar-refractivity contribution in [2.75, 3.05) is 17.2 Å². The van der Waals surface area contributed by atoms with Crippen LogP contribution in [0.4, 0.5) is 11.4 Å². The summed E-state index contributed by atoms with van der Waals surface area (Å²) in [5.74, 6) is -0.218. The van der Waals surface area contributed by atoms with Crippen molar-refractivity contribution < 1.29 is 9.53 Å². The molecule has 3 heterocycles. The van der Waals surface area contributed by atoms with Gasteiger partial charge in [-0.15, -0.1) is 0 Å². The van der Waals surface area contributed by atoms with Crippen molar-refractivity contribution in [2.24, 2.45) is 7.05 Å². The number of hydrogen-bond acceptors (Lipinski definition) is 5. The van der Waals surface area contributed by atoms with Crippen molar-refractivity contribution in [3.8, 4) is 0 Å². The lowest BCUT2D eigenvalue weighted by molar-refractivity contribution is -0.111. The van der Waals surface area contributed by atoms with E-state index in [-0.39, 0.29) is 18.1 Å². The van der Waals surface area contributed by atoms with Gasteiger partial charge in [0.1, 0.15) is 0 Å². The zero-order valence-electron chi connectivity index (χ0n) is 14.5. The van der Waals surface area contributed by atoms with Crippen LogP contribution in [0.1, 0.15) is 25.3 Å². The van der Waals surface area contributed by atoms with Crippen LogP contribution in [-0.2, 0) is 16.6 Å². The predicted molar refractivity (Wildman–Crippen MR) is 97.2 cm³/mol.